The van der Waals surface area contributed by atoms with Crippen molar-refractivity contribution in [3.05, 3.63) is 34.9 Å². The number of rotatable bonds is 3. The Hall–Kier alpha value is -1.88. The quantitative estimate of drug-likeness (QED) is 0.912. The molecular weight excluding hydrogens is 268 g/mol. The lowest BCUT2D eigenvalue weighted by atomic mass is 10.0. The van der Waals surface area contributed by atoms with Gasteiger partial charge in [-0.25, -0.2) is 0 Å². The normalized spacial score (nSPS) is 16.4. The summed E-state index contributed by atoms with van der Waals surface area (Å²) >= 11 is 0. The van der Waals surface area contributed by atoms with Gasteiger partial charge in [0, 0.05) is 18.7 Å². The van der Waals surface area contributed by atoms with E-state index in [0.717, 1.165) is 11.1 Å². The van der Waals surface area contributed by atoms with Crippen molar-refractivity contribution in [3.63, 3.8) is 0 Å². The molecule has 0 bridgehead atoms. The van der Waals surface area contributed by atoms with Crippen molar-refractivity contribution in [1.82, 2.24) is 10.2 Å². The van der Waals surface area contributed by atoms with Gasteiger partial charge in [0.25, 0.3) is 5.91 Å². The van der Waals surface area contributed by atoms with Crippen LogP contribution in [-0.2, 0) is 9.53 Å². The van der Waals surface area contributed by atoms with Crippen LogP contribution in [0.25, 0.3) is 0 Å². The minimum Gasteiger partial charge on any atom is -0.378 e. The SMILES string of the molecule is Cc1cccc(C(=O)NC(C)C(=O)N2CCOCC2)c1C. The van der Waals surface area contributed by atoms with Gasteiger partial charge in [-0.15, -0.1) is 0 Å². The zero-order valence-corrected chi connectivity index (χ0v) is 12.8. The highest BCUT2D eigenvalue weighted by Crippen LogP contribution is 2.13. The monoisotopic (exact) mass is 290 g/mol. The number of aryl methyl sites for hydroxylation is 1. The molecule has 0 saturated carbocycles. The summed E-state index contributed by atoms with van der Waals surface area (Å²) in [5.74, 6) is -0.262. The fourth-order valence-electron chi connectivity index (χ4n) is 2.39. The summed E-state index contributed by atoms with van der Waals surface area (Å²) in [6.07, 6.45) is 0. The number of hydrogen-bond donors (Lipinski definition) is 1. The first-order valence-corrected chi connectivity index (χ1v) is 7.24. The van der Waals surface area contributed by atoms with Gasteiger partial charge < -0.3 is 15.0 Å². The van der Waals surface area contributed by atoms with Gasteiger partial charge in [0.15, 0.2) is 0 Å². The van der Waals surface area contributed by atoms with Crippen LogP contribution >= 0.6 is 0 Å². The van der Waals surface area contributed by atoms with Crippen molar-refractivity contribution in [2.45, 2.75) is 26.8 Å². The Balaban J connectivity index is 2.01. The minimum absolute atomic E-state index is 0.0584. The third-order valence-electron chi connectivity index (χ3n) is 3.89. The van der Waals surface area contributed by atoms with Crippen LogP contribution < -0.4 is 5.32 Å². The second-order valence-electron chi connectivity index (χ2n) is 5.38. The highest BCUT2D eigenvalue weighted by molar-refractivity contribution is 5.98. The maximum absolute atomic E-state index is 12.3. The smallest absolute Gasteiger partial charge is 0.252 e. The van der Waals surface area contributed by atoms with Crippen molar-refractivity contribution >= 4 is 11.8 Å². The predicted molar refractivity (Wildman–Crippen MR) is 80.2 cm³/mol. The van der Waals surface area contributed by atoms with Gasteiger partial charge in [-0.1, -0.05) is 12.1 Å². The van der Waals surface area contributed by atoms with Gasteiger partial charge in [-0.3, -0.25) is 9.59 Å². The molecule has 0 aromatic heterocycles. The summed E-state index contributed by atoms with van der Waals surface area (Å²) in [6, 6.07) is 5.07. The van der Waals surface area contributed by atoms with E-state index >= 15 is 0 Å². The van der Waals surface area contributed by atoms with Crippen molar-refractivity contribution in [1.29, 1.82) is 0 Å². The van der Waals surface area contributed by atoms with E-state index in [9.17, 15) is 9.59 Å². The molecule has 0 aliphatic carbocycles. The molecule has 1 saturated heterocycles. The van der Waals surface area contributed by atoms with Gasteiger partial charge in [0.05, 0.1) is 13.2 Å². The Kier molecular flexibility index (Phi) is 4.96. The second kappa shape index (κ2) is 6.72. The van der Waals surface area contributed by atoms with E-state index in [0.29, 0.717) is 31.9 Å². The lowest BCUT2D eigenvalue weighted by Crippen LogP contribution is -2.50. The molecule has 0 spiro atoms. The van der Waals surface area contributed by atoms with E-state index in [1.54, 1.807) is 17.9 Å². The number of amides is 2. The van der Waals surface area contributed by atoms with Crippen molar-refractivity contribution in [3.8, 4) is 0 Å². The molecule has 21 heavy (non-hydrogen) atoms. The van der Waals surface area contributed by atoms with Crippen LogP contribution in [-0.4, -0.2) is 49.1 Å². The number of carbonyl (C=O) groups is 2. The number of nitrogens with one attached hydrogen (secondary N) is 1. The highest BCUT2D eigenvalue weighted by Gasteiger charge is 2.24. The van der Waals surface area contributed by atoms with Crippen molar-refractivity contribution in [2.24, 2.45) is 0 Å². The number of nitrogens with zero attached hydrogens (tertiary/aromatic N) is 1. The van der Waals surface area contributed by atoms with E-state index in [-0.39, 0.29) is 11.8 Å². The Labute approximate surface area is 125 Å². The van der Waals surface area contributed by atoms with Gasteiger partial charge in [-0.05, 0) is 38.0 Å². The van der Waals surface area contributed by atoms with Crippen molar-refractivity contribution < 1.29 is 14.3 Å². The lowest BCUT2D eigenvalue weighted by molar-refractivity contribution is -0.136. The van der Waals surface area contributed by atoms with Crippen LogP contribution in [0, 0.1) is 13.8 Å². The largest absolute Gasteiger partial charge is 0.378 e. The fourth-order valence-corrected chi connectivity index (χ4v) is 2.39. The third kappa shape index (κ3) is 3.61. The standard InChI is InChI=1S/C16H22N2O3/c1-11-5-4-6-14(12(11)2)15(19)17-13(3)16(20)18-7-9-21-10-8-18/h4-6,13H,7-10H2,1-3H3,(H,17,19). The molecule has 5 nitrogen and oxygen atoms in total. The zero-order chi connectivity index (χ0) is 15.4. The van der Waals surface area contributed by atoms with Gasteiger partial charge >= 0.3 is 0 Å². The van der Waals surface area contributed by atoms with Crippen LogP contribution in [0.5, 0.6) is 0 Å². The summed E-state index contributed by atoms with van der Waals surface area (Å²) < 4.78 is 5.23. The number of ether oxygens (including phenoxy) is 1. The van der Waals surface area contributed by atoms with Gasteiger partial charge in [0.2, 0.25) is 5.91 Å². The fraction of sp³-hybridized carbons (Fsp3) is 0.500. The molecule has 2 rings (SSSR count). The molecular formula is C16H22N2O3. The number of morpholine rings is 1. The first-order chi connectivity index (χ1) is 10.0. The van der Waals surface area contributed by atoms with Gasteiger partial charge in [0.1, 0.15) is 6.04 Å². The molecule has 1 aromatic carbocycles. The first kappa shape index (κ1) is 15.5. The number of hydrogen-bond acceptors (Lipinski definition) is 3. The van der Waals surface area contributed by atoms with Crippen LogP contribution in [0.3, 0.4) is 0 Å². The molecule has 1 heterocycles. The van der Waals surface area contributed by atoms with Gasteiger partial charge in [-0.2, -0.15) is 0 Å². The molecule has 1 aliphatic rings. The lowest BCUT2D eigenvalue weighted by Gasteiger charge is -2.29. The molecule has 1 atom stereocenters. The molecule has 5 heteroatoms. The minimum atomic E-state index is -0.532. The Morgan fingerprint density at radius 3 is 2.57 bits per heavy atom. The summed E-state index contributed by atoms with van der Waals surface area (Å²) in [6.45, 7) is 7.89. The molecule has 1 aliphatic heterocycles. The predicted octanol–water partition coefficient (Wildman–Crippen LogP) is 1.28. The summed E-state index contributed by atoms with van der Waals surface area (Å²) in [7, 11) is 0. The molecule has 1 N–H and O–H groups in total. The van der Waals surface area contributed by atoms with Crippen LogP contribution in [0.1, 0.15) is 28.4 Å². The second-order valence-corrected chi connectivity index (χ2v) is 5.38. The topological polar surface area (TPSA) is 58.6 Å². The maximum Gasteiger partial charge on any atom is 0.252 e. The molecule has 1 fully saturated rings. The number of benzene rings is 1. The molecule has 1 unspecified atom stereocenters. The van der Waals surface area contributed by atoms with Crippen LogP contribution in [0.15, 0.2) is 18.2 Å². The summed E-state index contributed by atoms with van der Waals surface area (Å²) in [4.78, 5) is 26.3. The maximum atomic E-state index is 12.3. The molecule has 114 valence electrons. The summed E-state index contributed by atoms with van der Waals surface area (Å²) in [5, 5.41) is 2.79. The van der Waals surface area contributed by atoms with E-state index in [4.69, 9.17) is 4.74 Å². The Morgan fingerprint density at radius 1 is 1.24 bits per heavy atom. The Morgan fingerprint density at radius 2 is 1.90 bits per heavy atom. The van der Waals surface area contributed by atoms with E-state index in [1.807, 2.05) is 26.0 Å². The third-order valence-corrected chi connectivity index (χ3v) is 3.89. The average molecular weight is 290 g/mol. The summed E-state index contributed by atoms with van der Waals surface area (Å²) in [5.41, 5.74) is 2.63. The van der Waals surface area contributed by atoms with Crippen molar-refractivity contribution in [2.75, 3.05) is 26.3 Å². The Bertz CT molecular complexity index is 536. The van der Waals surface area contributed by atoms with E-state index in [1.165, 1.54) is 0 Å². The van der Waals surface area contributed by atoms with Crippen LogP contribution in [0.2, 0.25) is 0 Å². The molecule has 0 radical (unpaired) electrons. The van der Waals surface area contributed by atoms with E-state index < -0.39 is 6.04 Å². The number of carbonyl (C=O) groups excluding carboxylic acids is 2. The van der Waals surface area contributed by atoms with E-state index in [2.05, 4.69) is 5.32 Å². The molecule has 1 aromatic rings. The molecule has 2 amide bonds. The average Bonchev–Trinajstić information content (AvgIpc) is 2.50. The first-order valence-electron chi connectivity index (χ1n) is 7.24. The highest BCUT2D eigenvalue weighted by atomic mass is 16.5. The van der Waals surface area contributed by atoms with Crippen LogP contribution in [0.4, 0.5) is 0 Å². The zero-order valence-electron chi connectivity index (χ0n) is 12.8.